The summed E-state index contributed by atoms with van der Waals surface area (Å²) in [4.78, 5) is 12.1. The maximum Gasteiger partial charge on any atom is 0.253 e. The summed E-state index contributed by atoms with van der Waals surface area (Å²) in [6.45, 7) is 2.23. The van der Waals surface area contributed by atoms with Crippen LogP contribution in [0.5, 0.6) is 5.75 Å². The van der Waals surface area contributed by atoms with Gasteiger partial charge in [0, 0.05) is 28.2 Å². The van der Waals surface area contributed by atoms with Crippen molar-refractivity contribution in [3.05, 3.63) is 62.2 Å². The highest BCUT2D eigenvalue weighted by molar-refractivity contribution is 9.10. The molecule has 1 aliphatic rings. The Morgan fingerprint density at radius 3 is 3.05 bits per heavy atom. The van der Waals surface area contributed by atoms with Gasteiger partial charge < -0.3 is 9.30 Å². The SMILES string of the molecule is Cc1cc(Br)cn(CC2Cc3cc(F)ccc3O2)c1=O. The second kappa shape index (κ2) is 5.05. The lowest BCUT2D eigenvalue weighted by atomic mass is 10.1. The smallest absolute Gasteiger partial charge is 0.253 e. The molecule has 0 spiro atoms. The second-order valence-electron chi connectivity index (χ2n) is 4.99. The van der Waals surface area contributed by atoms with E-state index in [4.69, 9.17) is 4.74 Å². The summed E-state index contributed by atoms with van der Waals surface area (Å²) >= 11 is 3.38. The molecule has 1 aliphatic heterocycles. The first-order valence-corrected chi connectivity index (χ1v) is 7.14. The van der Waals surface area contributed by atoms with Gasteiger partial charge in [0.25, 0.3) is 5.56 Å². The number of hydrogen-bond acceptors (Lipinski definition) is 2. The van der Waals surface area contributed by atoms with Gasteiger partial charge in [-0.2, -0.15) is 0 Å². The van der Waals surface area contributed by atoms with Crippen molar-refractivity contribution in [2.24, 2.45) is 0 Å². The van der Waals surface area contributed by atoms with Crippen molar-refractivity contribution in [1.29, 1.82) is 0 Å². The standard InChI is InChI=1S/C15H13BrFNO2/c1-9-4-11(16)7-18(15(9)19)8-13-6-10-5-12(17)2-3-14(10)20-13/h2-5,7,13H,6,8H2,1H3. The van der Waals surface area contributed by atoms with Crippen LogP contribution < -0.4 is 10.3 Å². The zero-order valence-electron chi connectivity index (χ0n) is 10.9. The quantitative estimate of drug-likeness (QED) is 0.843. The fraction of sp³-hybridized carbons (Fsp3) is 0.267. The molecule has 0 fully saturated rings. The van der Waals surface area contributed by atoms with Crippen LogP contribution in [0.15, 0.2) is 39.7 Å². The van der Waals surface area contributed by atoms with Gasteiger partial charge in [-0.1, -0.05) is 0 Å². The number of nitrogens with zero attached hydrogens (tertiary/aromatic N) is 1. The Morgan fingerprint density at radius 1 is 1.45 bits per heavy atom. The van der Waals surface area contributed by atoms with Gasteiger partial charge >= 0.3 is 0 Å². The van der Waals surface area contributed by atoms with Crippen LogP contribution in [0.2, 0.25) is 0 Å². The van der Waals surface area contributed by atoms with E-state index in [0.29, 0.717) is 24.3 Å². The van der Waals surface area contributed by atoms with Crippen LogP contribution >= 0.6 is 15.9 Å². The highest BCUT2D eigenvalue weighted by Gasteiger charge is 2.24. The normalized spacial score (nSPS) is 16.9. The molecule has 0 aliphatic carbocycles. The van der Waals surface area contributed by atoms with Crippen molar-refractivity contribution >= 4 is 15.9 Å². The van der Waals surface area contributed by atoms with Gasteiger partial charge in [-0.15, -0.1) is 0 Å². The van der Waals surface area contributed by atoms with Crippen molar-refractivity contribution in [2.45, 2.75) is 26.0 Å². The third-order valence-electron chi connectivity index (χ3n) is 3.40. The lowest BCUT2D eigenvalue weighted by Gasteiger charge is -2.13. The number of halogens is 2. The van der Waals surface area contributed by atoms with E-state index < -0.39 is 0 Å². The predicted molar refractivity (Wildman–Crippen MR) is 77.7 cm³/mol. The van der Waals surface area contributed by atoms with Gasteiger partial charge in [-0.3, -0.25) is 4.79 Å². The Hall–Kier alpha value is -1.62. The van der Waals surface area contributed by atoms with E-state index in [2.05, 4.69) is 15.9 Å². The molecule has 0 radical (unpaired) electrons. The van der Waals surface area contributed by atoms with E-state index in [1.165, 1.54) is 12.1 Å². The Morgan fingerprint density at radius 2 is 2.25 bits per heavy atom. The van der Waals surface area contributed by atoms with E-state index in [-0.39, 0.29) is 17.5 Å². The number of fused-ring (bicyclic) bond motifs is 1. The van der Waals surface area contributed by atoms with Crippen LogP contribution in [0.1, 0.15) is 11.1 Å². The molecule has 0 bridgehead atoms. The van der Waals surface area contributed by atoms with Gasteiger partial charge in [-0.05, 0) is 47.1 Å². The molecule has 1 atom stereocenters. The minimum atomic E-state index is -0.261. The summed E-state index contributed by atoms with van der Waals surface area (Å²) in [5.74, 6) is 0.444. The minimum absolute atomic E-state index is 0.0288. The maximum atomic E-state index is 13.2. The van der Waals surface area contributed by atoms with Gasteiger partial charge in [0.05, 0.1) is 6.54 Å². The van der Waals surface area contributed by atoms with E-state index >= 15 is 0 Å². The molecule has 1 aromatic heterocycles. The average molecular weight is 338 g/mol. The molecule has 0 amide bonds. The molecule has 5 heteroatoms. The topological polar surface area (TPSA) is 31.2 Å². The molecular weight excluding hydrogens is 325 g/mol. The molecule has 1 unspecified atom stereocenters. The van der Waals surface area contributed by atoms with Crippen LogP contribution in [0.25, 0.3) is 0 Å². The fourth-order valence-electron chi connectivity index (χ4n) is 2.49. The van der Waals surface area contributed by atoms with Gasteiger partial charge in [-0.25, -0.2) is 4.39 Å². The lowest BCUT2D eigenvalue weighted by molar-refractivity contribution is 0.207. The summed E-state index contributed by atoms with van der Waals surface area (Å²) in [7, 11) is 0. The molecule has 0 saturated heterocycles. The third kappa shape index (κ3) is 2.50. The number of rotatable bonds is 2. The highest BCUT2D eigenvalue weighted by Crippen LogP contribution is 2.29. The number of aryl methyl sites for hydroxylation is 1. The highest BCUT2D eigenvalue weighted by atomic mass is 79.9. The van der Waals surface area contributed by atoms with Crippen LogP contribution in [0.4, 0.5) is 4.39 Å². The van der Waals surface area contributed by atoms with Crippen molar-refractivity contribution < 1.29 is 9.13 Å². The van der Waals surface area contributed by atoms with Gasteiger partial charge in [0.1, 0.15) is 17.7 Å². The predicted octanol–water partition coefficient (Wildman–Crippen LogP) is 3.06. The Bertz CT molecular complexity index is 726. The second-order valence-corrected chi connectivity index (χ2v) is 5.91. The number of benzene rings is 1. The Kier molecular flexibility index (Phi) is 3.38. The van der Waals surface area contributed by atoms with Crippen LogP contribution in [0.3, 0.4) is 0 Å². The van der Waals surface area contributed by atoms with Crippen molar-refractivity contribution in [3.8, 4) is 5.75 Å². The molecule has 1 aromatic carbocycles. The molecule has 0 N–H and O–H groups in total. The van der Waals surface area contributed by atoms with Gasteiger partial charge in [0.2, 0.25) is 0 Å². The van der Waals surface area contributed by atoms with Crippen LogP contribution in [0, 0.1) is 12.7 Å². The summed E-state index contributed by atoms with van der Waals surface area (Å²) in [6, 6.07) is 6.30. The molecule has 20 heavy (non-hydrogen) atoms. The Balaban J connectivity index is 1.83. The molecule has 104 valence electrons. The number of pyridine rings is 1. The third-order valence-corrected chi connectivity index (χ3v) is 3.83. The summed E-state index contributed by atoms with van der Waals surface area (Å²) in [5, 5.41) is 0. The number of hydrogen-bond donors (Lipinski definition) is 0. The fourth-order valence-corrected chi connectivity index (χ4v) is 3.08. The summed E-state index contributed by atoms with van der Waals surface area (Å²) in [5.41, 5.74) is 1.51. The maximum absolute atomic E-state index is 13.2. The largest absolute Gasteiger partial charge is 0.488 e. The summed E-state index contributed by atoms with van der Waals surface area (Å²) in [6.07, 6.45) is 2.23. The van der Waals surface area contributed by atoms with Crippen molar-refractivity contribution in [1.82, 2.24) is 4.57 Å². The van der Waals surface area contributed by atoms with E-state index in [1.807, 2.05) is 0 Å². The first-order chi connectivity index (χ1) is 9.52. The van der Waals surface area contributed by atoms with Gasteiger partial charge in [0.15, 0.2) is 0 Å². The first-order valence-electron chi connectivity index (χ1n) is 6.34. The number of ether oxygens (including phenoxy) is 1. The first kappa shape index (κ1) is 13.4. The number of aromatic nitrogens is 1. The Labute approximate surface area is 124 Å². The zero-order chi connectivity index (χ0) is 14.3. The van der Waals surface area contributed by atoms with Crippen LogP contribution in [-0.2, 0) is 13.0 Å². The van der Waals surface area contributed by atoms with Crippen molar-refractivity contribution in [2.75, 3.05) is 0 Å². The molecule has 3 rings (SSSR count). The van der Waals surface area contributed by atoms with E-state index in [0.717, 1.165) is 10.0 Å². The van der Waals surface area contributed by atoms with E-state index in [1.54, 1.807) is 29.8 Å². The zero-order valence-corrected chi connectivity index (χ0v) is 12.5. The van der Waals surface area contributed by atoms with Crippen LogP contribution in [-0.4, -0.2) is 10.7 Å². The summed E-state index contributed by atoms with van der Waals surface area (Å²) < 4.78 is 21.4. The molecule has 0 saturated carbocycles. The average Bonchev–Trinajstić information content (AvgIpc) is 2.76. The van der Waals surface area contributed by atoms with Crippen molar-refractivity contribution in [3.63, 3.8) is 0 Å². The monoisotopic (exact) mass is 337 g/mol. The molecule has 2 aromatic rings. The lowest BCUT2D eigenvalue weighted by Crippen LogP contribution is -2.29. The van der Waals surface area contributed by atoms with E-state index in [9.17, 15) is 9.18 Å². The minimum Gasteiger partial charge on any atom is -0.488 e. The molecule has 3 nitrogen and oxygen atoms in total. The molecule has 2 heterocycles. The molecular formula is C15H13BrFNO2.